The third kappa shape index (κ3) is 3.59. The highest BCUT2D eigenvalue weighted by molar-refractivity contribution is 9.10. The molecule has 1 heterocycles. The van der Waals surface area contributed by atoms with Crippen LogP contribution in [0.2, 0.25) is 0 Å². The van der Waals surface area contributed by atoms with E-state index >= 15 is 0 Å². The second-order valence-corrected chi connectivity index (χ2v) is 6.76. The highest BCUT2D eigenvalue weighted by Crippen LogP contribution is 2.36. The quantitative estimate of drug-likeness (QED) is 0.567. The van der Waals surface area contributed by atoms with Gasteiger partial charge in [-0.25, -0.2) is 4.39 Å². The smallest absolute Gasteiger partial charge is 0.293 e. The summed E-state index contributed by atoms with van der Waals surface area (Å²) in [6.07, 6.45) is 0. The number of nitrogens with one attached hydrogen (secondary N) is 1. The maximum absolute atomic E-state index is 13.7. The van der Waals surface area contributed by atoms with Gasteiger partial charge in [-0.1, -0.05) is 19.9 Å². The van der Waals surface area contributed by atoms with E-state index in [1.807, 2.05) is 31.4 Å². The third-order valence-electron chi connectivity index (χ3n) is 3.06. The van der Waals surface area contributed by atoms with Crippen LogP contribution < -0.4 is 5.32 Å². The van der Waals surface area contributed by atoms with Crippen LogP contribution in [0.4, 0.5) is 15.8 Å². The second-order valence-electron chi connectivity index (χ2n) is 4.92. The van der Waals surface area contributed by atoms with Crippen LogP contribution in [0.15, 0.2) is 34.1 Å². The molecule has 0 saturated heterocycles. The van der Waals surface area contributed by atoms with E-state index in [1.54, 1.807) is 11.3 Å². The molecule has 0 bridgehead atoms. The van der Waals surface area contributed by atoms with E-state index in [2.05, 4.69) is 21.2 Å². The molecule has 0 aliphatic heterocycles. The maximum Gasteiger partial charge on any atom is 0.293 e. The van der Waals surface area contributed by atoms with Crippen LogP contribution in [0, 0.1) is 21.8 Å². The fraction of sp³-hybridized carbons (Fsp3) is 0.286. The van der Waals surface area contributed by atoms with E-state index < -0.39 is 10.7 Å². The molecule has 21 heavy (non-hydrogen) atoms. The molecule has 1 atom stereocenters. The molecule has 0 aliphatic rings. The Morgan fingerprint density at radius 2 is 2.14 bits per heavy atom. The summed E-state index contributed by atoms with van der Waals surface area (Å²) in [5, 5.41) is 16.2. The molecule has 1 unspecified atom stereocenters. The molecule has 2 rings (SSSR count). The predicted molar refractivity (Wildman–Crippen MR) is 86.3 cm³/mol. The molecule has 0 aliphatic carbocycles. The van der Waals surface area contributed by atoms with Gasteiger partial charge in [-0.3, -0.25) is 10.1 Å². The highest BCUT2D eigenvalue weighted by atomic mass is 79.9. The van der Waals surface area contributed by atoms with E-state index in [9.17, 15) is 14.5 Å². The Morgan fingerprint density at radius 3 is 2.67 bits per heavy atom. The number of thiophene rings is 1. The molecule has 112 valence electrons. The summed E-state index contributed by atoms with van der Waals surface area (Å²) in [6.45, 7) is 4.02. The van der Waals surface area contributed by atoms with Gasteiger partial charge in [0.05, 0.1) is 15.4 Å². The van der Waals surface area contributed by atoms with Crippen molar-refractivity contribution in [2.75, 3.05) is 5.32 Å². The molecule has 1 aromatic carbocycles. The van der Waals surface area contributed by atoms with Crippen molar-refractivity contribution in [2.45, 2.75) is 19.9 Å². The largest absolute Gasteiger partial charge is 0.372 e. The summed E-state index contributed by atoms with van der Waals surface area (Å²) >= 11 is 4.54. The molecule has 7 heteroatoms. The summed E-state index contributed by atoms with van der Waals surface area (Å²) in [6, 6.07) is 6.12. The average Bonchev–Trinajstić information content (AvgIpc) is 2.92. The number of rotatable bonds is 5. The maximum atomic E-state index is 13.7. The lowest BCUT2D eigenvalue weighted by molar-refractivity contribution is -0.384. The van der Waals surface area contributed by atoms with Crippen molar-refractivity contribution in [1.82, 2.24) is 0 Å². The van der Waals surface area contributed by atoms with Crippen LogP contribution >= 0.6 is 27.3 Å². The zero-order valence-corrected chi connectivity index (χ0v) is 13.9. The van der Waals surface area contributed by atoms with Crippen LogP contribution in [0.25, 0.3) is 0 Å². The molecule has 1 aromatic heterocycles. The van der Waals surface area contributed by atoms with Crippen molar-refractivity contribution in [2.24, 2.45) is 5.92 Å². The van der Waals surface area contributed by atoms with Gasteiger partial charge in [0, 0.05) is 17.0 Å². The molecule has 0 spiro atoms. The molecule has 0 radical (unpaired) electrons. The first-order valence-corrected chi connectivity index (χ1v) is 8.00. The highest BCUT2D eigenvalue weighted by Gasteiger charge is 2.23. The Balaban J connectivity index is 2.41. The van der Waals surface area contributed by atoms with E-state index in [0.29, 0.717) is 0 Å². The standard InChI is InChI=1S/C14H14BrFN2O2S/c1-8(2)14(13-4-3-5-21-13)17-11-7-10(16)9(15)6-12(11)18(19)20/h3-8,14,17H,1-2H3. The molecule has 0 fully saturated rings. The average molecular weight is 373 g/mol. The molecule has 0 saturated carbocycles. The van der Waals surface area contributed by atoms with E-state index in [-0.39, 0.29) is 27.8 Å². The summed E-state index contributed by atoms with van der Waals surface area (Å²) in [5.74, 6) is -0.327. The van der Waals surface area contributed by atoms with Gasteiger partial charge in [0.2, 0.25) is 0 Å². The lowest BCUT2D eigenvalue weighted by Crippen LogP contribution is -2.16. The Morgan fingerprint density at radius 1 is 1.43 bits per heavy atom. The lowest BCUT2D eigenvalue weighted by Gasteiger charge is -2.22. The Bertz CT molecular complexity index is 647. The summed E-state index contributed by atoms with van der Waals surface area (Å²) < 4.78 is 13.8. The number of hydrogen-bond donors (Lipinski definition) is 1. The zero-order chi connectivity index (χ0) is 15.6. The molecule has 1 N–H and O–H groups in total. The van der Waals surface area contributed by atoms with Crippen LogP contribution in [0.3, 0.4) is 0 Å². The topological polar surface area (TPSA) is 55.2 Å². The van der Waals surface area contributed by atoms with Gasteiger partial charge in [-0.05, 0) is 33.3 Å². The number of nitrogens with zero attached hydrogens (tertiary/aromatic N) is 1. The van der Waals surface area contributed by atoms with Crippen molar-refractivity contribution < 1.29 is 9.31 Å². The van der Waals surface area contributed by atoms with Crippen LogP contribution in [-0.2, 0) is 0 Å². The summed E-state index contributed by atoms with van der Waals surface area (Å²) in [4.78, 5) is 11.7. The minimum absolute atomic E-state index is 0.0805. The van der Waals surface area contributed by atoms with Crippen molar-refractivity contribution in [3.8, 4) is 0 Å². The van der Waals surface area contributed by atoms with E-state index in [0.717, 1.165) is 10.9 Å². The van der Waals surface area contributed by atoms with Crippen LogP contribution in [0.1, 0.15) is 24.8 Å². The Hall–Kier alpha value is -1.47. The van der Waals surface area contributed by atoms with E-state index in [1.165, 1.54) is 6.07 Å². The van der Waals surface area contributed by atoms with Gasteiger partial charge in [0.15, 0.2) is 0 Å². The first kappa shape index (κ1) is 15.9. The lowest BCUT2D eigenvalue weighted by atomic mass is 10.0. The van der Waals surface area contributed by atoms with Crippen molar-refractivity contribution in [3.05, 3.63) is 54.9 Å². The minimum Gasteiger partial charge on any atom is -0.372 e. The van der Waals surface area contributed by atoms with E-state index in [4.69, 9.17) is 0 Å². The Labute approximate surface area is 134 Å². The molecular weight excluding hydrogens is 359 g/mol. The fourth-order valence-corrected chi connectivity index (χ4v) is 3.29. The van der Waals surface area contributed by atoms with Gasteiger partial charge < -0.3 is 5.32 Å². The number of nitro benzene ring substituents is 1. The normalized spacial score (nSPS) is 12.4. The summed E-state index contributed by atoms with van der Waals surface area (Å²) in [7, 11) is 0. The first-order valence-electron chi connectivity index (χ1n) is 6.33. The predicted octanol–water partition coefficient (Wildman–Crippen LogP) is 5.37. The third-order valence-corrected chi connectivity index (χ3v) is 4.63. The molecule has 2 aromatic rings. The van der Waals surface area contributed by atoms with Gasteiger partial charge >= 0.3 is 0 Å². The molecular formula is C14H14BrFN2O2S. The van der Waals surface area contributed by atoms with Gasteiger partial charge in [0.1, 0.15) is 11.5 Å². The number of halogens is 2. The van der Waals surface area contributed by atoms with Gasteiger partial charge in [-0.2, -0.15) is 0 Å². The van der Waals surface area contributed by atoms with Gasteiger partial charge in [-0.15, -0.1) is 11.3 Å². The first-order chi connectivity index (χ1) is 9.90. The SMILES string of the molecule is CC(C)C(Nc1cc(F)c(Br)cc1[N+](=O)[O-])c1cccs1. The van der Waals surface area contributed by atoms with Crippen LogP contribution in [0.5, 0.6) is 0 Å². The second kappa shape index (κ2) is 6.53. The van der Waals surface area contributed by atoms with Crippen molar-refractivity contribution in [3.63, 3.8) is 0 Å². The van der Waals surface area contributed by atoms with Crippen molar-refractivity contribution in [1.29, 1.82) is 0 Å². The molecule has 0 amide bonds. The summed E-state index contributed by atoms with van der Waals surface area (Å²) in [5.41, 5.74) is 0.0401. The number of nitro groups is 1. The fourth-order valence-electron chi connectivity index (χ4n) is 2.01. The van der Waals surface area contributed by atoms with Gasteiger partial charge in [0.25, 0.3) is 5.69 Å². The zero-order valence-electron chi connectivity index (χ0n) is 11.5. The van der Waals surface area contributed by atoms with Crippen molar-refractivity contribution >= 4 is 38.6 Å². The monoisotopic (exact) mass is 372 g/mol. The number of benzene rings is 1. The Kier molecular flexibility index (Phi) is 4.95. The van der Waals surface area contributed by atoms with Crippen LogP contribution in [-0.4, -0.2) is 4.92 Å². The number of hydrogen-bond acceptors (Lipinski definition) is 4. The minimum atomic E-state index is -0.531. The molecule has 4 nitrogen and oxygen atoms in total. The number of anilines is 1.